The number of aromatic nitrogens is 9. The molecular formula is C16H19N11O3. The Morgan fingerprint density at radius 2 is 1.20 bits per heavy atom. The molecule has 0 spiro atoms. The Labute approximate surface area is 167 Å². The zero-order valence-electron chi connectivity index (χ0n) is 16.3. The lowest BCUT2D eigenvalue weighted by atomic mass is 10.2. The Balaban J connectivity index is 1.72. The number of anilines is 4. The van der Waals surface area contributed by atoms with Crippen LogP contribution in [0, 0.1) is 0 Å². The Bertz CT molecular complexity index is 1200. The van der Waals surface area contributed by atoms with Crippen LogP contribution < -0.4 is 27.3 Å². The lowest BCUT2D eigenvalue weighted by Gasteiger charge is -2.07. The molecule has 5 N–H and O–H groups in total. The normalized spacial score (nSPS) is 11.0. The summed E-state index contributed by atoms with van der Waals surface area (Å²) in [6.07, 6.45) is 4.64. The van der Waals surface area contributed by atoms with Gasteiger partial charge in [0, 0.05) is 51.7 Å². The maximum absolute atomic E-state index is 12.2. The van der Waals surface area contributed by atoms with Crippen LogP contribution >= 0.6 is 0 Å². The molecular weight excluding hydrogens is 394 g/mol. The largest absolute Gasteiger partial charge is 0.318 e. The van der Waals surface area contributed by atoms with Crippen LogP contribution in [-0.2, 0) is 27.6 Å². The van der Waals surface area contributed by atoms with Crippen molar-refractivity contribution in [1.82, 2.24) is 44.3 Å². The summed E-state index contributed by atoms with van der Waals surface area (Å²) in [4.78, 5) is 49.2. The highest BCUT2D eigenvalue weighted by Gasteiger charge is 2.14. The lowest BCUT2D eigenvalue weighted by Crippen LogP contribution is -2.18. The van der Waals surface area contributed by atoms with Crippen LogP contribution in [0.4, 0.5) is 23.3 Å². The Kier molecular flexibility index (Phi) is 4.57. The van der Waals surface area contributed by atoms with Crippen molar-refractivity contribution in [2.24, 2.45) is 21.1 Å². The highest BCUT2D eigenvalue weighted by atomic mass is 16.1. The van der Waals surface area contributed by atoms with Gasteiger partial charge in [-0.05, 0) is 0 Å². The fourth-order valence-corrected chi connectivity index (χ4v) is 2.76. The highest BCUT2D eigenvalue weighted by molar-refractivity contribution is 5.55. The molecule has 30 heavy (non-hydrogen) atoms. The van der Waals surface area contributed by atoms with E-state index in [-0.39, 0.29) is 52.2 Å². The molecule has 4 heterocycles. The van der Waals surface area contributed by atoms with Crippen LogP contribution in [0.25, 0.3) is 0 Å². The molecule has 0 aliphatic carbocycles. The van der Waals surface area contributed by atoms with Crippen LogP contribution in [0.1, 0.15) is 11.4 Å². The van der Waals surface area contributed by atoms with Gasteiger partial charge in [-0.2, -0.15) is 15.0 Å². The molecule has 4 aromatic heterocycles. The van der Waals surface area contributed by atoms with Gasteiger partial charge in [-0.25, -0.2) is 0 Å². The van der Waals surface area contributed by atoms with Gasteiger partial charge in [-0.1, -0.05) is 0 Å². The monoisotopic (exact) mass is 413 g/mol. The summed E-state index contributed by atoms with van der Waals surface area (Å²) in [7, 11) is 4.74. The maximum atomic E-state index is 12.2. The Morgan fingerprint density at radius 3 is 1.60 bits per heavy atom. The summed E-state index contributed by atoms with van der Waals surface area (Å²) in [5.41, 5.74) is 0.108. The third-order valence-electron chi connectivity index (χ3n) is 4.41. The second-order valence-corrected chi connectivity index (χ2v) is 6.59. The van der Waals surface area contributed by atoms with Crippen LogP contribution in [0.3, 0.4) is 0 Å². The highest BCUT2D eigenvalue weighted by Crippen LogP contribution is 2.14. The zero-order valence-corrected chi connectivity index (χ0v) is 16.3. The van der Waals surface area contributed by atoms with Gasteiger partial charge in [0.25, 0.3) is 16.7 Å². The third kappa shape index (κ3) is 3.52. The molecule has 14 nitrogen and oxygen atoms in total. The van der Waals surface area contributed by atoms with Crippen molar-refractivity contribution in [1.29, 1.82) is 0 Å². The molecule has 0 radical (unpaired) electrons. The molecule has 4 aromatic rings. The second kappa shape index (κ2) is 7.23. The van der Waals surface area contributed by atoms with Crippen molar-refractivity contribution in [3.05, 3.63) is 61.0 Å². The molecule has 0 fully saturated rings. The van der Waals surface area contributed by atoms with Gasteiger partial charge >= 0.3 is 0 Å². The number of nitrogens with zero attached hydrogens (tertiary/aromatic N) is 6. The van der Waals surface area contributed by atoms with E-state index in [1.807, 2.05) is 0 Å². The first kappa shape index (κ1) is 19.0. The molecule has 0 amide bonds. The van der Waals surface area contributed by atoms with E-state index in [9.17, 15) is 14.4 Å². The van der Waals surface area contributed by atoms with Gasteiger partial charge in [0.2, 0.25) is 11.9 Å². The summed E-state index contributed by atoms with van der Waals surface area (Å²) in [6, 6.07) is 0. The number of aromatic amines is 3. The van der Waals surface area contributed by atoms with Crippen LogP contribution in [0.15, 0.2) is 33.0 Å². The van der Waals surface area contributed by atoms with Gasteiger partial charge in [-0.3, -0.25) is 28.4 Å². The zero-order chi connectivity index (χ0) is 21.4. The SMILES string of the molecule is Cn1[nH]cc(Cc2nc(Nc3c[nH]n(C)c3=O)nc(Nc3c[nH]n(C)c3=O)n2)c1=O. The van der Waals surface area contributed by atoms with E-state index in [1.54, 1.807) is 27.3 Å². The van der Waals surface area contributed by atoms with E-state index in [2.05, 4.69) is 40.9 Å². The van der Waals surface area contributed by atoms with Crippen molar-refractivity contribution in [3.63, 3.8) is 0 Å². The Morgan fingerprint density at radius 1 is 0.733 bits per heavy atom. The molecule has 0 aromatic carbocycles. The molecule has 4 rings (SSSR count). The number of aryl methyl sites for hydroxylation is 3. The first-order valence-corrected chi connectivity index (χ1v) is 8.83. The molecule has 0 aliphatic heterocycles. The van der Waals surface area contributed by atoms with Crippen LogP contribution in [0.2, 0.25) is 0 Å². The van der Waals surface area contributed by atoms with Crippen molar-refractivity contribution >= 4 is 23.3 Å². The number of hydrogen-bond acceptors (Lipinski definition) is 8. The minimum absolute atomic E-state index is 0.0823. The van der Waals surface area contributed by atoms with Crippen molar-refractivity contribution in [2.75, 3.05) is 10.6 Å². The molecule has 0 saturated heterocycles. The molecule has 0 aliphatic rings. The minimum Gasteiger partial charge on any atom is -0.318 e. The van der Waals surface area contributed by atoms with E-state index >= 15 is 0 Å². The molecule has 0 atom stereocenters. The van der Waals surface area contributed by atoms with E-state index in [0.29, 0.717) is 5.56 Å². The van der Waals surface area contributed by atoms with Gasteiger partial charge in [-0.15, -0.1) is 0 Å². The summed E-state index contributed by atoms with van der Waals surface area (Å²) in [5.74, 6) is 0.434. The molecule has 14 heteroatoms. The molecule has 0 unspecified atom stereocenters. The Hall–Kier alpha value is -4.36. The standard InChI is InChI=1S/C16H19N11O3/c1-25-12(28)8(5-17-25)4-11-22-15(20-9-6-18-26(2)13(9)29)24-16(23-11)21-10-7-19-27(3)14(10)30/h5-7,17-19H,4H2,1-3H3,(H2,20,21,22,23,24). The van der Waals surface area contributed by atoms with Crippen LogP contribution in [0.5, 0.6) is 0 Å². The van der Waals surface area contributed by atoms with Gasteiger partial charge < -0.3 is 25.9 Å². The van der Waals surface area contributed by atoms with E-state index < -0.39 is 0 Å². The topological polar surface area (TPSA) is 176 Å². The van der Waals surface area contributed by atoms with E-state index in [0.717, 1.165) is 0 Å². The first-order chi connectivity index (χ1) is 14.3. The van der Waals surface area contributed by atoms with Crippen LogP contribution in [-0.4, -0.2) is 44.3 Å². The smallest absolute Gasteiger partial charge is 0.289 e. The summed E-state index contributed by atoms with van der Waals surface area (Å²) in [6.45, 7) is 0. The first-order valence-electron chi connectivity index (χ1n) is 8.83. The summed E-state index contributed by atoms with van der Waals surface area (Å²) in [5, 5.41) is 14.0. The molecule has 156 valence electrons. The average Bonchev–Trinajstić information content (AvgIpc) is 3.32. The minimum atomic E-state index is -0.300. The average molecular weight is 413 g/mol. The summed E-state index contributed by atoms with van der Waals surface area (Å²) >= 11 is 0. The van der Waals surface area contributed by atoms with Crippen molar-refractivity contribution in [2.45, 2.75) is 6.42 Å². The van der Waals surface area contributed by atoms with Gasteiger partial charge in [0.1, 0.15) is 17.2 Å². The predicted octanol–water partition coefficient (Wildman–Crippen LogP) is -0.970. The fraction of sp³-hybridized carbons (Fsp3) is 0.250. The van der Waals surface area contributed by atoms with Gasteiger partial charge in [0.05, 0.1) is 0 Å². The predicted molar refractivity (Wildman–Crippen MR) is 107 cm³/mol. The quantitative estimate of drug-likeness (QED) is 0.268. The maximum Gasteiger partial charge on any atom is 0.289 e. The molecule has 0 saturated carbocycles. The van der Waals surface area contributed by atoms with E-state index in [4.69, 9.17) is 0 Å². The number of hydrogen-bond donors (Lipinski definition) is 5. The van der Waals surface area contributed by atoms with Crippen molar-refractivity contribution < 1.29 is 0 Å². The van der Waals surface area contributed by atoms with Crippen molar-refractivity contribution in [3.8, 4) is 0 Å². The number of nitrogens with one attached hydrogen (secondary N) is 5. The lowest BCUT2D eigenvalue weighted by molar-refractivity contribution is 0.737. The number of H-pyrrole nitrogens is 3. The summed E-state index contributed by atoms with van der Waals surface area (Å²) < 4.78 is 3.91. The number of rotatable bonds is 6. The van der Waals surface area contributed by atoms with E-state index in [1.165, 1.54) is 26.4 Å². The second-order valence-electron chi connectivity index (χ2n) is 6.59. The molecule has 0 bridgehead atoms. The third-order valence-corrected chi connectivity index (χ3v) is 4.41. The fourth-order valence-electron chi connectivity index (χ4n) is 2.76. The van der Waals surface area contributed by atoms with Gasteiger partial charge in [0.15, 0.2) is 0 Å².